The first kappa shape index (κ1) is 13.1. The topological polar surface area (TPSA) is 43.1 Å². The molecule has 2 rings (SSSR count). The molecule has 0 aliphatic rings. The highest BCUT2D eigenvalue weighted by atomic mass is 79.9. The van der Waals surface area contributed by atoms with Crippen LogP contribution in [-0.2, 0) is 0 Å². The first-order valence-corrected chi connectivity index (χ1v) is 6.21. The molecule has 0 saturated heterocycles. The van der Waals surface area contributed by atoms with Gasteiger partial charge >= 0.3 is 0 Å². The van der Waals surface area contributed by atoms with E-state index in [9.17, 15) is 9.18 Å². The molecule has 18 heavy (non-hydrogen) atoms. The van der Waals surface area contributed by atoms with Crippen LogP contribution < -0.4 is 5.73 Å². The van der Waals surface area contributed by atoms with Gasteiger partial charge in [0.15, 0.2) is 11.6 Å². The number of carbonyl (C=O) groups excluding carboxylic acids is 1. The third kappa shape index (κ3) is 2.40. The second kappa shape index (κ2) is 5.08. The van der Waals surface area contributed by atoms with Crippen LogP contribution in [0.1, 0.15) is 15.9 Å². The first-order valence-electron chi connectivity index (χ1n) is 5.04. The molecule has 0 atom stereocenters. The van der Waals surface area contributed by atoms with Crippen molar-refractivity contribution in [1.82, 2.24) is 0 Å². The third-order valence-electron chi connectivity index (χ3n) is 2.43. The summed E-state index contributed by atoms with van der Waals surface area (Å²) >= 11 is 8.88. The Morgan fingerprint density at radius 1 is 1.22 bits per heavy atom. The summed E-state index contributed by atoms with van der Waals surface area (Å²) in [6.07, 6.45) is 0. The van der Waals surface area contributed by atoms with E-state index in [1.165, 1.54) is 18.2 Å². The van der Waals surface area contributed by atoms with Crippen LogP contribution >= 0.6 is 27.5 Å². The molecular formula is C13H8BrClFNO. The Bertz CT molecular complexity index is 630. The molecule has 2 nitrogen and oxygen atoms in total. The van der Waals surface area contributed by atoms with Gasteiger partial charge in [0.25, 0.3) is 0 Å². The number of carbonyl (C=O) groups is 1. The van der Waals surface area contributed by atoms with Crippen LogP contribution in [0.4, 0.5) is 10.1 Å². The number of halogens is 3. The van der Waals surface area contributed by atoms with E-state index in [-0.39, 0.29) is 10.6 Å². The van der Waals surface area contributed by atoms with Gasteiger partial charge < -0.3 is 5.73 Å². The standard InChI is InChI=1S/C13H8BrClFNO/c14-10-6-7(17)4-5-8(10)13(18)9-2-1-3-11(15)12(9)16/h1-6H,17H2. The van der Waals surface area contributed by atoms with E-state index < -0.39 is 11.6 Å². The Morgan fingerprint density at radius 3 is 2.61 bits per heavy atom. The molecule has 0 unspecified atom stereocenters. The highest BCUT2D eigenvalue weighted by Gasteiger charge is 2.18. The highest BCUT2D eigenvalue weighted by Crippen LogP contribution is 2.25. The molecule has 2 aromatic carbocycles. The minimum Gasteiger partial charge on any atom is -0.399 e. The molecule has 0 heterocycles. The van der Waals surface area contributed by atoms with E-state index in [2.05, 4.69) is 15.9 Å². The van der Waals surface area contributed by atoms with Crippen molar-refractivity contribution in [2.75, 3.05) is 5.73 Å². The van der Waals surface area contributed by atoms with Gasteiger partial charge in [-0.3, -0.25) is 4.79 Å². The fourth-order valence-electron chi connectivity index (χ4n) is 1.54. The van der Waals surface area contributed by atoms with Gasteiger partial charge in [-0.2, -0.15) is 0 Å². The van der Waals surface area contributed by atoms with Crippen molar-refractivity contribution in [1.29, 1.82) is 0 Å². The monoisotopic (exact) mass is 327 g/mol. The van der Waals surface area contributed by atoms with Crippen LogP contribution in [0.15, 0.2) is 40.9 Å². The molecule has 0 aliphatic carbocycles. The molecule has 0 amide bonds. The number of nitrogens with two attached hydrogens (primary N) is 1. The molecule has 2 aromatic rings. The number of benzene rings is 2. The lowest BCUT2D eigenvalue weighted by molar-refractivity contribution is 0.103. The van der Waals surface area contributed by atoms with E-state index >= 15 is 0 Å². The predicted octanol–water partition coefficient (Wildman–Crippen LogP) is 4.05. The second-order valence-corrected chi connectivity index (χ2v) is 4.93. The zero-order valence-corrected chi connectivity index (χ0v) is 11.4. The number of nitrogen functional groups attached to an aromatic ring is 1. The van der Waals surface area contributed by atoms with Gasteiger partial charge in [-0.15, -0.1) is 0 Å². The lowest BCUT2D eigenvalue weighted by Gasteiger charge is -2.06. The highest BCUT2D eigenvalue weighted by molar-refractivity contribution is 9.10. The van der Waals surface area contributed by atoms with E-state index in [1.807, 2.05) is 0 Å². The molecule has 0 spiro atoms. The van der Waals surface area contributed by atoms with Gasteiger partial charge in [-0.05, 0) is 46.3 Å². The van der Waals surface area contributed by atoms with Gasteiger partial charge in [0.05, 0.1) is 10.6 Å². The number of ketones is 1. The summed E-state index contributed by atoms with van der Waals surface area (Å²) < 4.78 is 14.3. The van der Waals surface area contributed by atoms with Gasteiger partial charge in [0.1, 0.15) is 0 Å². The summed E-state index contributed by atoms with van der Waals surface area (Å²) in [7, 11) is 0. The lowest BCUT2D eigenvalue weighted by Crippen LogP contribution is -2.05. The quantitative estimate of drug-likeness (QED) is 0.667. The zero-order chi connectivity index (χ0) is 13.3. The van der Waals surface area contributed by atoms with Crippen LogP contribution in [0.2, 0.25) is 5.02 Å². The molecule has 0 bridgehead atoms. The lowest BCUT2D eigenvalue weighted by atomic mass is 10.0. The normalized spacial score (nSPS) is 10.4. The maximum atomic E-state index is 13.8. The molecule has 0 aliphatic heterocycles. The molecule has 2 N–H and O–H groups in total. The summed E-state index contributed by atoms with van der Waals surface area (Å²) in [5, 5.41) is -0.0765. The minimum atomic E-state index is -0.715. The molecule has 0 fully saturated rings. The van der Waals surface area contributed by atoms with Crippen molar-refractivity contribution in [2.24, 2.45) is 0 Å². The summed E-state index contributed by atoms with van der Waals surface area (Å²) in [5.41, 5.74) is 6.38. The van der Waals surface area contributed by atoms with Crippen molar-refractivity contribution in [2.45, 2.75) is 0 Å². The van der Waals surface area contributed by atoms with Crippen LogP contribution in [0.3, 0.4) is 0 Å². The molecular weight excluding hydrogens is 321 g/mol. The average molecular weight is 329 g/mol. The Labute approximate surface area is 117 Å². The Balaban J connectivity index is 2.51. The van der Waals surface area contributed by atoms with Gasteiger partial charge in [-0.25, -0.2) is 4.39 Å². The second-order valence-electron chi connectivity index (χ2n) is 3.67. The van der Waals surface area contributed by atoms with E-state index in [0.717, 1.165) is 0 Å². The van der Waals surface area contributed by atoms with Crippen LogP contribution in [0.5, 0.6) is 0 Å². The van der Waals surface area contributed by atoms with Crippen LogP contribution in [0, 0.1) is 5.82 Å². The number of anilines is 1. The van der Waals surface area contributed by atoms with Gasteiger partial charge in [-0.1, -0.05) is 17.7 Å². The third-order valence-corrected chi connectivity index (χ3v) is 3.38. The summed E-state index contributed by atoms with van der Waals surface area (Å²) in [4.78, 5) is 12.2. The first-order chi connectivity index (χ1) is 8.50. The SMILES string of the molecule is Nc1ccc(C(=O)c2cccc(Cl)c2F)c(Br)c1. The fourth-order valence-corrected chi connectivity index (χ4v) is 2.29. The van der Waals surface area contributed by atoms with Crippen molar-refractivity contribution in [3.8, 4) is 0 Å². The Kier molecular flexibility index (Phi) is 3.68. The van der Waals surface area contributed by atoms with Crippen LogP contribution in [-0.4, -0.2) is 5.78 Å². The van der Waals surface area contributed by atoms with Crippen molar-refractivity contribution in [3.05, 3.63) is 62.8 Å². The van der Waals surface area contributed by atoms with Crippen molar-refractivity contribution < 1.29 is 9.18 Å². The van der Waals surface area contributed by atoms with Gasteiger partial charge in [0.2, 0.25) is 0 Å². The Hall–Kier alpha value is -1.39. The van der Waals surface area contributed by atoms with E-state index in [4.69, 9.17) is 17.3 Å². The van der Waals surface area contributed by atoms with Gasteiger partial charge in [0, 0.05) is 15.7 Å². The molecule has 5 heteroatoms. The number of rotatable bonds is 2. The maximum absolute atomic E-state index is 13.8. The maximum Gasteiger partial charge on any atom is 0.197 e. The molecule has 0 aromatic heterocycles. The number of hydrogen-bond donors (Lipinski definition) is 1. The minimum absolute atomic E-state index is 0.0621. The summed E-state index contributed by atoms with van der Waals surface area (Å²) in [6.45, 7) is 0. The largest absolute Gasteiger partial charge is 0.399 e. The molecule has 0 radical (unpaired) electrons. The van der Waals surface area contributed by atoms with E-state index in [0.29, 0.717) is 15.7 Å². The number of hydrogen-bond acceptors (Lipinski definition) is 2. The fraction of sp³-hybridized carbons (Fsp3) is 0. The predicted molar refractivity (Wildman–Crippen MR) is 73.4 cm³/mol. The van der Waals surface area contributed by atoms with Crippen LogP contribution in [0.25, 0.3) is 0 Å². The van der Waals surface area contributed by atoms with Crippen molar-refractivity contribution >= 4 is 39.0 Å². The zero-order valence-electron chi connectivity index (χ0n) is 9.08. The molecule has 92 valence electrons. The summed E-state index contributed by atoms with van der Waals surface area (Å²) in [6, 6.07) is 9.04. The Morgan fingerprint density at radius 2 is 1.94 bits per heavy atom. The smallest absolute Gasteiger partial charge is 0.197 e. The average Bonchev–Trinajstić information content (AvgIpc) is 2.32. The van der Waals surface area contributed by atoms with Crippen molar-refractivity contribution in [3.63, 3.8) is 0 Å². The van der Waals surface area contributed by atoms with E-state index in [1.54, 1.807) is 18.2 Å². The molecule has 0 saturated carbocycles. The summed E-state index contributed by atoms with van der Waals surface area (Å²) in [5.74, 6) is -1.16.